The van der Waals surface area contributed by atoms with Crippen LogP contribution >= 0.6 is 0 Å². The van der Waals surface area contributed by atoms with Gasteiger partial charge in [0.1, 0.15) is 6.61 Å². The van der Waals surface area contributed by atoms with E-state index in [1.807, 2.05) is 0 Å². The van der Waals surface area contributed by atoms with Crippen molar-refractivity contribution in [1.29, 1.82) is 0 Å². The van der Waals surface area contributed by atoms with Crippen LogP contribution in [-0.2, 0) is 22.6 Å². The van der Waals surface area contributed by atoms with Gasteiger partial charge < -0.3 is 14.7 Å². The summed E-state index contributed by atoms with van der Waals surface area (Å²) < 4.78 is 5.49. The lowest BCUT2D eigenvalue weighted by molar-refractivity contribution is -0.145. The quantitative estimate of drug-likeness (QED) is 0.452. The van der Waals surface area contributed by atoms with Crippen LogP contribution in [0.1, 0.15) is 48.3 Å². The first-order chi connectivity index (χ1) is 15.7. The molecule has 1 fully saturated rings. The Morgan fingerprint density at radius 2 is 1.31 bits per heavy atom. The molecule has 0 radical (unpaired) electrons. The predicted octanol–water partition coefficient (Wildman–Crippen LogP) is 6.02. The zero-order valence-corrected chi connectivity index (χ0v) is 18.4. The molecule has 0 aliphatic heterocycles. The predicted molar refractivity (Wildman–Crippen MR) is 128 cm³/mol. The highest BCUT2D eigenvalue weighted by molar-refractivity contribution is 5.68. The first kappa shape index (κ1) is 22.1. The Morgan fingerprint density at radius 3 is 1.81 bits per heavy atom. The number of rotatable bonds is 9. The summed E-state index contributed by atoms with van der Waals surface area (Å²) in [5.74, 6) is -0.372. The Bertz CT molecular complexity index is 923. The summed E-state index contributed by atoms with van der Waals surface area (Å²) in [7, 11) is 0. The summed E-state index contributed by atoms with van der Waals surface area (Å²) >= 11 is 0. The molecule has 1 N–H and O–H groups in total. The molecule has 32 heavy (non-hydrogen) atoms. The van der Waals surface area contributed by atoms with Crippen molar-refractivity contribution < 1.29 is 14.6 Å². The van der Waals surface area contributed by atoms with Crippen molar-refractivity contribution in [2.24, 2.45) is 0 Å². The maximum Gasteiger partial charge on any atom is 0.329 e. The fourth-order valence-electron chi connectivity index (χ4n) is 4.56. The van der Waals surface area contributed by atoms with Crippen LogP contribution in [0.5, 0.6) is 0 Å². The minimum atomic E-state index is -0.890. The second-order valence-electron chi connectivity index (χ2n) is 8.60. The number of carboxylic acids is 1. The van der Waals surface area contributed by atoms with Gasteiger partial charge in [-0.2, -0.15) is 0 Å². The topological polar surface area (TPSA) is 49.8 Å². The summed E-state index contributed by atoms with van der Waals surface area (Å²) in [6.45, 7) is 1.53. The van der Waals surface area contributed by atoms with Crippen LogP contribution in [0.3, 0.4) is 0 Å². The van der Waals surface area contributed by atoms with Crippen LogP contribution in [0.25, 0.3) is 0 Å². The van der Waals surface area contributed by atoms with Crippen LogP contribution in [-0.4, -0.2) is 23.8 Å². The molecule has 4 nitrogen and oxygen atoms in total. The van der Waals surface area contributed by atoms with Crippen LogP contribution in [0.4, 0.5) is 5.69 Å². The molecule has 4 rings (SSSR count). The van der Waals surface area contributed by atoms with Crippen molar-refractivity contribution in [1.82, 2.24) is 0 Å². The van der Waals surface area contributed by atoms with Crippen LogP contribution < -0.4 is 4.90 Å². The van der Waals surface area contributed by atoms with Crippen molar-refractivity contribution in [2.45, 2.75) is 50.8 Å². The van der Waals surface area contributed by atoms with Crippen molar-refractivity contribution in [3.05, 3.63) is 102 Å². The zero-order valence-electron chi connectivity index (χ0n) is 18.4. The SMILES string of the molecule is O=C(O)COC1CCC(c2ccc(N(Cc3ccccc3)Cc3ccccc3)cc2)CC1. The molecule has 3 aromatic carbocycles. The molecular weight excluding hydrogens is 398 g/mol. The van der Waals surface area contributed by atoms with Gasteiger partial charge in [-0.15, -0.1) is 0 Å². The minimum absolute atomic E-state index is 0.0776. The molecule has 3 aromatic rings. The van der Waals surface area contributed by atoms with Gasteiger partial charge in [0.05, 0.1) is 6.10 Å². The van der Waals surface area contributed by atoms with E-state index in [2.05, 4.69) is 89.8 Å². The van der Waals surface area contributed by atoms with E-state index in [1.165, 1.54) is 22.4 Å². The molecule has 1 saturated carbocycles. The lowest BCUT2D eigenvalue weighted by Gasteiger charge is -2.29. The Balaban J connectivity index is 1.43. The molecule has 0 bridgehead atoms. The van der Waals surface area contributed by atoms with Gasteiger partial charge in [0.25, 0.3) is 0 Å². The number of carboxylic acid groups (broad SMARTS) is 1. The van der Waals surface area contributed by atoms with E-state index < -0.39 is 5.97 Å². The standard InChI is InChI=1S/C28H31NO3/c30-28(31)21-32-27-17-13-25(14-18-27)24-11-15-26(16-12-24)29(19-22-7-3-1-4-8-22)20-23-9-5-2-6-10-23/h1-12,15-16,25,27H,13-14,17-21H2,(H,30,31). The second kappa shape index (κ2) is 11.0. The lowest BCUT2D eigenvalue weighted by Crippen LogP contribution is -2.24. The van der Waals surface area contributed by atoms with E-state index in [4.69, 9.17) is 9.84 Å². The number of hydrogen-bond acceptors (Lipinski definition) is 3. The van der Waals surface area contributed by atoms with Crippen molar-refractivity contribution in [3.8, 4) is 0 Å². The number of nitrogens with zero attached hydrogens (tertiary/aromatic N) is 1. The molecular formula is C28H31NO3. The van der Waals surface area contributed by atoms with E-state index in [1.54, 1.807) is 0 Å². The molecule has 0 amide bonds. The van der Waals surface area contributed by atoms with Gasteiger partial charge in [0.15, 0.2) is 0 Å². The normalized spacial score (nSPS) is 18.2. The molecule has 0 atom stereocenters. The lowest BCUT2D eigenvalue weighted by atomic mass is 9.82. The third-order valence-corrected chi connectivity index (χ3v) is 6.28. The Hall–Kier alpha value is -3.11. The minimum Gasteiger partial charge on any atom is -0.480 e. The molecule has 166 valence electrons. The van der Waals surface area contributed by atoms with E-state index in [0.29, 0.717) is 5.92 Å². The molecule has 1 aliphatic carbocycles. The van der Waals surface area contributed by atoms with Crippen LogP contribution in [0.15, 0.2) is 84.9 Å². The van der Waals surface area contributed by atoms with E-state index >= 15 is 0 Å². The van der Waals surface area contributed by atoms with Gasteiger partial charge in [-0.05, 0) is 60.4 Å². The number of anilines is 1. The summed E-state index contributed by atoms with van der Waals surface area (Å²) in [5.41, 5.74) is 5.18. The first-order valence-corrected chi connectivity index (χ1v) is 11.4. The third-order valence-electron chi connectivity index (χ3n) is 6.28. The number of hydrogen-bond donors (Lipinski definition) is 1. The fourth-order valence-corrected chi connectivity index (χ4v) is 4.56. The molecule has 4 heteroatoms. The Kier molecular flexibility index (Phi) is 7.57. The number of carbonyl (C=O) groups is 1. The van der Waals surface area contributed by atoms with Gasteiger partial charge in [0.2, 0.25) is 0 Å². The Morgan fingerprint density at radius 1 is 0.781 bits per heavy atom. The maximum absolute atomic E-state index is 10.7. The van der Waals surface area contributed by atoms with Gasteiger partial charge in [-0.3, -0.25) is 0 Å². The smallest absolute Gasteiger partial charge is 0.329 e. The average molecular weight is 430 g/mol. The molecule has 0 saturated heterocycles. The summed E-state index contributed by atoms with van der Waals surface area (Å²) in [4.78, 5) is 13.1. The molecule has 0 unspecified atom stereocenters. The number of benzene rings is 3. The summed E-state index contributed by atoms with van der Waals surface area (Å²) in [6.07, 6.45) is 4.01. The first-order valence-electron chi connectivity index (χ1n) is 11.4. The van der Waals surface area contributed by atoms with Crippen molar-refractivity contribution >= 4 is 11.7 Å². The van der Waals surface area contributed by atoms with Crippen LogP contribution in [0.2, 0.25) is 0 Å². The number of ether oxygens (including phenoxy) is 1. The van der Waals surface area contributed by atoms with Gasteiger partial charge in [-0.1, -0.05) is 72.8 Å². The Labute approximate surface area is 190 Å². The maximum atomic E-state index is 10.7. The van der Waals surface area contributed by atoms with Crippen molar-refractivity contribution in [2.75, 3.05) is 11.5 Å². The van der Waals surface area contributed by atoms with Gasteiger partial charge in [-0.25, -0.2) is 4.79 Å². The summed E-state index contributed by atoms with van der Waals surface area (Å²) in [6, 6.07) is 30.2. The highest BCUT2D eigenvalue weighted by atomic mass is 16.5. The molecule has 1 aliphatic rings. The van der Waals surface area contributed by atoms with Crippen LogP contribution in [0, 0.1) is 0 Å². The second-order valence-corrected chi connectivity index (χ2v) is 8.60. The molecule has 0 aromatic heterocycles. The largest absolute Gasteiger partial charge is 0.480 e. The fraction of sp³-hybridized carbons (Fsp3) is 0.321. The molecule has 0 spiro atoms. The number of aliphatic carboxylic acids is 1. The highest BCUT2D eigenvalue weighted by Gasteiger charge is 2.23. The van der Waals surface area contributed by atoms with E-state index in [-0.39, 0.29) is 12.7 Å². The van der Waals surface area contributed by atoms with E-state index in [9.17, 15) is 4.79 Å². The van der Waals surface area contributed by atoms with Gasteiger partial charge in [0, 0.05) is 18.8 Å². The van der Waals surface area contributed by atoms with Crippen molar-refractivity contribution in [3.63, 3.8) is 0 Å². The monoisotopic (exact) mass is 429 g/mol. The zero-order chi connectivity index (χ0) is 22.2. The highest BCUT2D eigenvalue weighted by Crippen LogP contribution is 2.35. The average Bonchev–Trinajstić information content (AvgIpc) is 2.84. The molecule has 0 heterocycles. The van der Waals surface area contributed by atoms with Gasteiger partial charge >= 0.3 is 5.97 Å². The summed E-state index contributed by atoms with van der Waals surface area (Å²) in [5, 5.41) is 8.80. The third kappa shape index (κ3) is 6.21. The van der Waals surface area contributed by atoms with E-state index in [0.717, 1.165) is 38.8 Å².